The standard InChI is InChI=1S/C32H29F2N3O6S2/c33-23-4-7-26(34)25(19-23)21-3-8-27(43-16-13-36-11-14-42-15-12-36)22(17-21)18-28-30(39)37(32(44)45-28)10-9-29(38)35-24-5-1-20(2-6-24)31(40)41/h1-8,17-19H,9-16H2,(H,35,38)(H,40,41). The van der Waals surface area contributed by atoms with Gasteiger partial charge in [0.25, 0.3) is 5.91 Å². The largest absolute Gasteiger partial charge is 0.492 e. The van der Waals surface area contributed by atoms with E-state index in [1.807, 2.05) is 0 Å². The van der Waals surface area contributed by atoms with E-state index >= 15 is 0 Å². The number of aromatic carboxylic acids is 1. The van der Waals surface area contributed by atoms with Crippen LogP contribution in [0.3, 0.4) is 0 Å². The number of carbonyl (C=O) groups excluding carboxylic acids is 2. The number of halogens is 2. The van der Waals surface area contributed by atoms with E-state index in [-0.39, 0.29) is 34.3 Å². The van der Waals surface area contributed by atoms with Crippen LogP contribution in [0.15, 0.2) is 65.6 Å². The number of carboxylic acid groups (broad SMARTS) is 1. The Morgan fingerprint density at radius 2 is 1.80 bits per heavy atom. The zero-order chi connectivity index (χ0) is 31.9. The van der Waals surface area contributed by atoms with Crippen molar-refractivity contribution in [3.8, 4) is 16.9 Å². The first-order valence-electron chi connectivity index (χ1n) is 14.1. The fourth-order valence-electron chi connectivity index (χ4n) is 4.76. The van der Waals surface area contributed by atoms with Crippen LogP contribution in [0.2, 0.25) is 0 Å². The molecule has 0 unspecified atom stereocenters. The van der Waals surface area contributed by atoms with Crippen LogP contribution in [0.5, 0.6) is 5.75 Å². The fourth-order valence-corrected chi connectivity index (χ4v) is 6.05. The van der Waals surface area contributed by atoms with Crippen molar-refractivity contribution in [1.29, 1.82) is 0 Å². The van der Waals surface area contributed by atoms with Gasteiger partial charge in [-0.3, -0.25) is 19.4 Å². The van der Waals surface area contributed by atoms with Gasteiger partial charge in [-0.05, 0) is 66.2 Å². The Balaban J connectivity index is 1.31. The monoisotopic (exact) mass is 653 g/mol. The van der Waals surface area contributed by atoms with E-state index in [4.69, 9.17) is 26.8 Å². The van der Waals surface area contributed by atoms with Crippen LogP contribution in [-0.2, 0) is 14.3 Å². The average molecular weight is 654 g/mol. The van der Waals surface area contributed by atoms with Gasteiger partial charge in [0.1, 0.15) is 28.3 Å². The van der Waals surface area contributed by atoms with Gasteiger partial charge in [-0.15, -0.1) is 0 Å². The lowest BCUT2D eigenvalue weighted by Gasteiger charge is -2.26. The highest BCUT2D eigenvalue weighted by Crippen LogP contribution is 2.36. The number of thiocarbonyl (C=S) groups is 1. The zero-order valence-corrected chi connectivity index (χ0v) is 25.6. The van der Waals surface area contributed by atoms with Gasteiger partial charge in [0.15, 0.2) is 0 Å². The van der Waals surface area contributed by atoms with Crippen molar-refractivity contribution in [2.24, 2.45) is 0 Å². The molecule has 2 N–H and O–H groups in total. The molecule has 0 aliphatic carbocycles. The second-order valence-electron chi connectivity index (χ2n) is 10.2. The molecule has 0 radical (unpaired) electrons. The summed E-state index contributed by atoms with van der Waals surface area (Å²) in [5.41, 5.74) is 1.48. The van der Waals surface area contributed by atoms with Crippen molar-refractivity contribution in [2.75, 3.05) is 51.3 Å². The van der Waals surface area contributed by atoms with Gasteiger partial charge in [0.2, 0.25) is 5.91 Å². The van der Waals surface area contributed by atoms with Crippen LogP contribution in [0.25, 0.3) is 17.2 Å². The lowest BCUT2D eigenvalue weighted by molar-refractivity contribution is -0.122. The summed E-state index contributed by atoms with van der Waals surface area (Å²) in [6, 6.07) is 13.9. The molecule has 0 atom stereocenters. The van der Waals surface area contributed by atoms with Gasteiger partial charge in [-0.2, -0.15) is 0 Å². The summed E-state index contributed by atoms with van der Waals surface area (Å²) in [6.45, 7) is 3.96. The Hall–Kier alpha value is -4.17. The number of morpholine rings is 1. The number of nitrogens with one attached hydrogen (secondary N) is 1. The lowest BCUT2D eigenvalue weighted by atomic mass is 10.0. The van der Waals surface area contributed by atoms with E-state index in [9.17, 15) is 23.2 Å². The van der Waals surface area contributed by atoms with Crippen LogP contribution in [-0.4, -0.2) is 83.0 Å². The van der Waals surface area contributed by atoms with Crippen molar-refractivity contribution in [2.45, 2.75) is 6.42 Å². The van der Waals surface area contributed by atoms with E-state index < -0.39 is 23.5 Å². The molecular weight excluding hydrogens is 624 g/mol. The van der Waals surface area contributed by atoms with Crippen molar-refractivity contribution in [1.82, 2.24) is 9.80 Å². The molecular formula is C32H29F2N3O6S2. The number of benzene rings is 3. The molecule has 2 saturated heterocycles. The first kappa shape index (κ1) is 32.2. The van der Waals surface area contributed by atoms with Gasteiger partial charge in [0, 0.05) is 49.4 Å². The number of rotatable bonds is 11. The van der Waals surface area contributed by atoms with Gasteiger partial charge in [0.05, 0.1) is 23.7 Å². The highest BCUT2D eigenvalue weighted by atomic mass is 32.2. The first-order valence-corrected chi connectivity index (χ1v) is 15.3. The Kier molecular flexibility index (Phi) is 10.6. The second-order valence-corrected chi connectivity index (χ2v) is 11.9. The van der Waals surface area contributed by atoms with Crippen LogP contribution >= 0.6 is 24.0 Å². The van der Waals surface area contributed by atoms with Crippen LogP contribution < -0.4 is 10.1 Å². The number of thioether (sulfide) groups is 1. The summed E-state index contributed by atoms with van der Waals surface area (Å²) >= 11 is 6.51. The van der Waals surface area contributed by atoms with Crippen LogP contribution in [0.4, 0.5) is 14.5 Å². The Labute approximate surface area is 267 Å². The fraction of sp³-hybridized carbons (Fsp3) is 0.250. The smallest absolute Gasteiger partial charge is 0.335 e. The number of ether oxygens (including phenoxy) is 2. The molecule has 13 heteroatoms. The molecule has 0 bridgehead atoms. The molecule has 0 saturated carbocycles. The van der Waals surface area contributed by atoms with E-state index in [1.54, 1.807) is 24.3 Å². The number of amides is 2. The Morgan fingerprint density at radius 1 is 1.04 bits per heavy atom. The summed E-state index contributed by atoms with van der Waals surface area (Å²) in [6.07, 6.45) is 1.55. The van der Waals surface area contributed by atoms with E-state index in [0.717, 1.165) is 43.1 Å². The van der Waals surface area contributed by atoms with Gasteiger partial charge < -0.3 is 19.9 Å². The first-order chi connectivity index (χ1) is 21.7. The second kappa shape index (κ2) is 14.7. The summed E-state index contributed by atoms with van der Waals surface area (Å²) in [5, 5.41) is 11.7. The maximum atomic E-state index is 14.6. The van der Waals surface area contributed by atoms with E-state index in [1.165, 1.54) is 29.2 Å². The molecule has 0 spiro atoms. The number of anilines is 1. The molecule has 45 heavy (non-hydrogen) atoms. The third-order valence-electron chi connectivity index (χ3n) is 7.16. The van der Waals surface area contributed by atoms with E-state index in [2.05, 4.69) is 10.2 Å². The van der Waals surface area contributed by atoms with Crippen LogP contribution in [0.1, 0.15) is 22.3 Å². The molecule has 9 nitrogen and oxygen atoms in total. The highest BCUT2D eigenvalue weighted by Gasteiger charge is 2.32. The molecule has 3 aromatic rings. The third-order valence-corrected chi connectivity index (χ3v) is 8.53. The summed E-state index contributed by atoms with van der Waals surface area (Å²) < 4.78 is 40.4. The maximum Gasteiger partial charge on any atom is 0.335 e. The number of hydrogen-bond donors (Lipinski definition) is 2. The molecule has 2 aliphatic rings. The van der Waals surface area contributed by atoms with E-state index in [0.29, 0.717) is 53.8 Å². The normalized spacial score (nSPS) is 16.3. The highest BCUT2D eigenvalue weighted by molar-refractivity contribution is 8.26. The van der Waals surface area contributed by atoms with Crippen LogP contribution in [0, 0.1) is 11.6 Å². The predicted octanol–water partition coefficient (Wildman–Crippen LogP) is 5.27. The predicted molar refractivity (Wildman–Crippen MR) is 171 cm³/mol. The summed E-state index contributed by atoms with van der Waals surface area (Å²) in [5.74, 6) is -2.56. The summed E-state index contributed by atoms with van der Waals surface area (Å²) in [7, 11) is 0. The number of hydrogen-bond acceptors (Lipinski definition) is 8. The Bertz CT molecular complexity index is 1640. The van der Waals surface area contributed by atoms with Gasteiger partial charge in [-0.25, -0.2) is 13.6 Å². The van der Waals surface area contributed by atoms with Crippen molar-refractivity contribution < 1.29 is 37.7 Å². The number of carbonyl (C=O) groups is 3. The SMILES string of the molecule is O=C(CCN1C(=O)C(=Cc2cc(-c3cc(F)ccc3F)ccc2OCCN2CCOCC2)SC1=S)Nc1ccc(C(=O)O)cc1. The average Bonchev–Trinajstić information content (AvgIpc) is 3.29. The van der Waals surface area contributed by atoms with Gasteiger partial charge >= 0.3 is 5.97 Å². The lowest BCUT2D eigenvalue weighted by Crippen LogP contribution is -2.38. The quantitative estimate of drug-likeness (QED) is 0.211. The molecule has 2 amide bonds. The maximum absolute atomic E-state index is 14.6. The molecule has 2 fully saturated rings. The van der Waals surface area contributed by atoms with Crippen molar-refractivity contribution in [3.63, 3.8) is 0 Å². The molecule has 2 aliphatic heterocycles. The number of nitrogens with zero attached hydrogens (tertiary/aromatic N) is 2. The van der Waals surface area contributed by atoms with Crippen molar-refractivity contribution >= 4 is 57.8 Å². The molecule has 234 valence electrons. The minimum Gasteiger partial charge on any atom is -0.492 e. The number of carboxylic acids is 1. The summed E-state index contributed by atoms with van der Waals surface area (Å²) in [4.78, 5) is 40.8. The topological polar surface area (TPSA) is 108 Å². The van der Waals surface area contributed by atoms with Crippen molar-refractivity contribution in [3.05, 3.63) is 88.3 Å². The molecule has 3 aromatic carbocycles. The Morgan fingerprint density at radius 3 is 2.53 bits per heavy atom. The third kappa shape index (κ3) is 8.31. The molecule has 0 aromatic heterocycles. The molecule has 2 heterocycles. The zero-order valence-electron chi connectivity index (χ0n) is 24.0. The van der Waals surface area contributed by atoms with Gasteiger partial charge in [-0.1, -0.05) is 30.0 Å². The minimum atomic E-state index is -1.07. The minimum absolute atomic E-state index is 0.0263. The molecule has 5 rings (SSSR count).